The van der Waals surface area contributed by atoms with Crippen LogP contribution in [0.4, 0.5) is 0 Å². The Labute approximate surface area is 110 Å². The van der Waals surface area contributed by atoms with Crippen molar-refractivity contribution in [3.8, 4) is 6.07 Å². The van der Waals surface area contributed by atoms with Crippen LogP contribution in [0.2, 0.25) is 0 Å². The highest BCUT2D eigenvalue weighted by Crippen LogP contribution is 2.09. The van der Waals surface area contributed by atoms with Gasteiger partial charge in [-0.15, -0.1) is 0 Å². The molecule has 0 saturated heterocycles. The molecule has 2 heterocycles. The molecule has 0 fully saturated rings. The van der Waals surface area contributed by atoms with Gasteiger partial charge in [-0.25, -0.2) is 9.97 Å². The molecule has 0 aliphatic rings. The fraction of sp³-hybridized carbons (Fsp3) is 0.231. The fourth-order valence-electron chi connectivity index (χ4n) is 1.66. The summed E-state index contributed by atoms with van der Waals surface area (Å²) < 4.78 is 0. The molecule has 2 rings (SSSR count). The molecule has 0 aliphatic heterocycles. The van der Waals surface area contributed by atoms with Crippen molar-refractivity contribution >= 4 is 5.91 Å². The fourth-order valence-corrected chi connectivity index (χ4v) is 1.66. The lowest BCUT2D eigenvalue weighted by atomic mass is 10.2. The van der Waals surface area contributed by atoms with Crippen LogP contribution in [0.1, 0.15) is 40.5 Å². The number of H-pyrrole nitrogens is 1. The minimum Gasteiger partial charge on any atom is -0.347 e. The van der Waals surface area contributed by atoms with Crippen LogP contribution >= 0.6 is 0 Å². The number of hydrogen-bond acceptors (Lipinski definition) is 4. The number of nitrogens with zero attached hydrogens (tertiary/aromatic N) is 3. The Morgan fingerprint density at radius 3 is 2.89 bits per heavy atom. The van der Waals surface area contributed by atoms with E-state index in [4.69, 9.17) is 5.26 Å². The Hall–Kier alpha value is -2.68. The molecule has 0 saturated carbocycles. The van der Waals surface area contributed by atoms with Crippen molar-refractivity contribution in [3.63, 3.8) is 0 Å². The van der Waals surface area contributed by atoms with Gasteiger partial charge in [0.25, 0.3) is 5.91 Å². The molecule has 6 nitrogen and oxygen atoms in total. The zero-order chi connectivity index (χ0) is 13.8. The van der Waals surface area contributed by atoms with Gasteiger partial charge in [-0.2, -0.15) is 5.26 Å². The number of aromatic amines is 1. The molecule has 2 aromatic heterocycles. The summed E-state index contributed by atoms with van der Waals surface area (Å²) in [5.41, 5.74) is 1.30. The molecule has 0 aromatic carbocycles. The van der Waals surface area contributed by atoms with Crippen molar-refractivity contribution in [2.24, 2.45) is 0 Å². The lowest BCUT2D eigenvalue weighted by molar-refractivity contribution is 0.0933. The van der Waals surface area contributed by atoms with E-state index in [2.05, 4.69) is 20.3 Å². The van der Waals surface area contributed by atoms with Crippen molar-refractivity contribution in [2.45, 2.75) is 19.9 Å². The van der Waals surface area contributed by atoms with Gasteiger partial charge in [-0.05, 0) is 26.0 Å². The van der Waals surface area contributed by atoms with E-state index in [9.17, 15) is 4.79 Å². The molecule has 96 valence electrons. The Bertz CT molecular complexity index is 627. The van der Waals surface area contributed by atoms with Crippen LogP contribution in [0.5, 0.6) is 0 Å². The van der Waals surface area contributed by atoms with Gasteiger partial charge in [-0.1, -0.05) is 0 Å². The number of rotatable bonds is 3. The molecular weight excluding hydrogens is 242 g/mol. The molecule has 6 heteroatoms. The molecule has 2 N–H and O–H groups in total. The predicted octanol–water partition coefficient (Wildman–Crippen LogP) is 1.48. The van der Waals surface area contributed by atoms with E-state index in [-0.39, 0.29) is 17.6 Å². The van der Waals surface area contributed by atoms with Crippen LogP contribution in [-0.4, -0.2) is 20.9 Å². The van der Waals surface area contributed by atoms with E-state index in [0.717, 1.165) is 0 Å². The van der Waals surface area contributed by atoms with Gasteiger partial charge < -0.3 is 10.3 Å². The van der Waals surface area contributed by atoms with Gasteiger partial charge in [0.15, 0.2) is 0 Å². The number of nitrogens with one attached hydrogen (secondary N) is 2. The van der Waals surface area contributed by atoms with E-state index in [1.165, 1.54) is 6.07 Å². The van der Waals surface area contributed by atoms with Gasteiger partial charge >= 0.3 is 0 Å². The number of imidazole rings is 1. The first kappa shape index (κ1) is 12.8. The summed E-state index contributed by atoms with van der Waals surface area (Å²) in [5, 5.41) is 11.6. The van der Waals surface area contributed by atoms with Crippen LogP contribution in [0.15, 0.2) is 24.5 Å². The summed E-state index contributed by atoms with van der Waals surface area (Å²) >= 11 is 0. The van der Waals surface area contributed by atoms with Crippen LogP contribution in [0, 0.1) is 18.3 Å². The highest BCUT2D eigenvalue weighted by atomic mass is 16.1. The average molecular weight is 255 g/mol. The standard InChI is InChI=1S/C13H13N5O/c1-8-10(7-14)3-4-11(17-8)13(19)18-9(2)12-15-5-6-16-12/h3-6,9H,1-2H3,(H,15,16)(H,18,19). The number of pyridine rings is 1. The SMILES string of the molecule is Cc1nc(C(=O)NC(C)c2ncc[nH]2)ccc1C#N. The Kier molecular flexibility index (Phi) is 3.57. The molecule has 2 aromatic rings. The monoisotopic (exact) mass is 255 g/mol. The summed E-state index contributed by atoms with van der Waals surface area (Å²) in [6.45, 7) is 3.53. The molecule has 0 aliphatic carbocycles. The summed E-state index contributed by atoms with van der Waals surface area (Å²) in [6, 6.07) is 4.91. The third kappa shape index (κ3) is 2.77. The zero-order valence-corrected chi connectivity index (χ0v) is 10.6. The topological polar surface area (TPSA) is 94.5 Å². The maximum Gasteiger partial charge on any atom is 0.270 e. The number of hydrogen-bond donors (Lipinski definition) is 2. The molecule has 1 unspecified atom stereocenters. The number of aromatic nitrogens is 3. The van der Waals surface area contributed by atoms with Crippen LogP contribution in [0.25, 0.3) is 0 Å². The second-order valence-electron chi connectivity index (χ2n) is 4.11. The molecule has 1 amide bonds. The zero-order valence-electron chi connectivity index (χ0n) is 10.6. The van der Waals surface area contributed by atoms with Crippen LogP contribution < -0.4 is 5.32 Å². The summed E-state index contributed by atoms with van der Waals surface area (Å²) in [7, 11) is 0. The van der Waals surface area contributed by atoms with Crippen LogP contribution in [-0.2, 0) is 0 Å². The second kappa shape index (κ2) is 5.31. The third-order valence-electron chi connectivity index (χ3n) is 2.72. The van der Waals surface area contributed by atoms with E-state index in [1.54, 1.807) is 25.4 Å². The van der Waals surface area contributed by atoms with Crippen LogP contribution in [0.3, 0.4) is 0 Å². The quantitative estimate of drug-likeness (QED) is 0.868. The Balaban J connectivity index is 2.12. The van der Waals surface area contributed by atoms with Gasteiger partial charge in [0.2, 0.25) is 0 Å². The maximum absolute atomic E-state index is 12.0. The number of aryl methyl sites for hydroxylation is 1. The second-order valence-corrected chi connectivity index (χ2v) is 4.11. The van der Waals surface area contributed by atoms with Gasteiger partial charge in [0.1, 0.15) is 17.6 Å². The molecule has 19 heavy (non-hydrogen) atoms. The highest BCUT2D eigenvalue weighted by molar-refractivity contribution is 5.92. The van der Waals surface area contributed by atoms with Crippen molar-refractivity contribution in [2.75, 3.05) is 0 Å². The van der Waals surface area contributed by atoms with E-state index in [1.807, 2.05) is 13.0 Å². The van der Waals surface area contributed by atoms with Crippen molar-refractivity contribution in [3.05, 3.63) is 47.3 Å². The van der Waals surface area contributed by atoms with Crippen molar-refractivity contribution in [1.29, 1.82) is 5.26 Å². The first-order valence-corrected chi connectivity index (χ1v) is 5.79. The average Bonchev–Trinajstić information content (AvgIpc) is 2.92. The summed E-state index contributed by atoms with van der Waals surface area (Å²) in [6.07, 6.45) is 3.32. The first-order valence-electron chi connectivity index (χ1n) is 5.79. The third-order valence-corrected chi connectivity index (χ3v) is 2.72. The highest BCUT2D eigenvalue weighted by Gasteiger charge is 2.14. The summed E-state index contributed by atoms with van der Waals surface area (Å²) in [4.78, 5) is 23.1. The van der Waals surface area contributed by atoms with Gasteiger partial charge in [0, 0.05) is 12.4 Å². The number of nitriles is 1. The lowest BCUT2D eigenvalue weighted by Crippen LogP contribution is -2.28. The lowest BCUT2D eigenvalue weighted by Gasteiger charge is -2.11. The Morgan fingerprint density at radius 2 is 2.32 bits per heavy atom. The number of carbonyl (C=O) groups is 1. The minimum absolute atomic E-state index is 0.236. The minimum atomic E-state index is -0.295. The first-order chi connectivity index (χ1) is 9.11. The van der Waals surface area contributed by atoms with E-state index < -0.39 is 0 Å². The normalized spacial score (nSPS) is 11.6. The van der Waals surface area contributed by atoms with Gasteiger partial charge in [-0.3, -0.25) is 4.79 Å². The molecule has 1 atom stereocenters. The largest absolute Gasteiger partial charge is 0.347 e. The van der Waals surface area contributed by atoms with Gasteiger partial charge in [0.05, 0.1) is 17.3 Å². The molecule has 0 bridgehead atoms. The van der Waals surface area contributed by atoms with E-state index >= 15 is 0 Å². The number of carbonyl (C=O) groups excluding carboxylic acids is 1. The summed E-state index contributed by atoms with van der Waals surface area (Å²) in [5.74, 6) is 0.384. The molecule has 0 spiro atoms. The van der Waals surface area contributed by atoms with Crippen molar-refractivity contribution in [1.82, 2.24) is 20.3 Å². The Morgan fingerprint density at radius 1 is 1.53 bits per heavy atom. The maximum atomic E-state index is 12.0. The smallest absolute Gasteiger partial charge is 0.270 e. The number of amides is 1. The molecular formula is C13H13N5O. The molecule has 0 radical (unpaired) electrons. The van der Waals surface area contributed by atoms with E-state index in [0.29, 0.717) is 17.1 Å². The predicted molar refractivity (Wildman–Crippen MR) is 68.2 cm³/mol. The van der Waals surface area contributed by atoms with Crippen molar-refractivity contribution < 1.29 is 4.79 Å².